The van der Waals surface area contributed by atoms with Crippen LogP contribution in [-0.4, -0.2) is 58.3 Å². The summed E-state index contributed by atoms with van der Waals surface area (Å²) in [4.78, 5) is 46.7. The normalized spacial score (nSPS) is 18.3. The molecule has 6 rings (SSSR count). The number of rotatable bonds is 8. The number of aromatic nitrogens is 2. The van der Waals surface area contributed by atoms with Crippen molar-refractivity contribution in [3.8, 4) is 17.0 Å². The third kappa shape index (κ3) is 6.40. The predicted molar refractivity (Wildman–Crippen MR) is 171 cm³/mol. The van der Waals surface area contributed by atoms with Crippen LogP contribution in [0.3, 0.4) is 0 Å². The van der Waals surface area contributed by atoms with Crippen LogP contribution < -0.4 is 26.4 Å². The first-order chi connectivity index (χ1) is 23.0. The van der Waals surface area contributed by atoms with Gasteiger partial charge in [-0.1, -0.05) is 23.2 Å². The van der Waals surface area contributed by atoms with Gasteiger partial charge >= 0.3 is 12.2 Å². The second-order valence-electron chi connectivity index (χ2n) is 12.0. The Hall–Kier alpha value is -4.73. The molecule has 1 aliphatic heterocycles. The summed E-state index contributed by atoms with van der Waals surface area (Å²) in [7, 11) is 0. The first-order valence-electron chi connectivity index (χ1n) is 14.7. The van der Waals surface area contributed by atoms with Gasteiger partial charge in [0.2, 0.25) is 11.5 Å². The molecule has 0 bridgehead atoms. The van der Waals surface area contributed by atoms with Crippen LogP contribution in [0.2, 0.25) is 10.0 Å². The molecule has 2 atom stereocenters. The molecule has 2 aromatic carbocycles. The van der Waals surface area contributed by atoms with E-state index in [-0.39, 0.29) is 62.0 Å². The summed E-state index contributed by atoms with van der Waals surface area (Å²) < 4.78 is 64.2. The Bertz CT molecular complexity index is 2050. The number of carbonyl (C=O) groups is 3. The second-order valence-corrected chi connectivity index (χ2v) is 12.9. The summed E-state index contributed by atoms with van der Waals surface area (Å²) in [5.74, 6) is -2.93. The third-order valence-electron chi connectivity index (χ3n) is 8.38. The van der Waals surface area contributed by atoms with Crippen LogP contribution in [0.1, 0.15) is 41.4 Å². The highest BCUT2D eigenvalue weighted by molar-refractivity contribution is 6.31. The van der Waals surface area contributed by atoms with E-state index >= 15 is 0 Å². The minimum atomic E-state index is -5.45. The van der Waals surface area contributed by atoms with Gasteiger partial charge in [0.15, 0.2) is 0 Å². The fourth-order valence-electron chi connectivity index (χ4n) is 5.31. The van der Waals surface area contributed by atoms with Crippen LogP contribution in [0, 0.1) is 5.82 Å². The highest BCUT2D eigenvalue weighted by atomic mass is 35.5. The topological polar surface area (TPSA) is 169 Å². The van der Waals surface area contributed by atoms with Crippen molar-refractivity contribution < 1.29 is 41.8 Å². The molecule has 0 saturated heterocycles. The molecule has 2 aromatic heterocycles. The van der Waals surface area contributed by atoms with Crippen molar-refractivity contribution in [2.75, 3.05) is 18.5 Å². The molecule has 49 heavy (non-hydrogen) atoms. The number of pyridine rings is 2. The number of hydrogen-bond donors (Lipinski definition) is 5. The van der Waals surface area contributed by atoms with Crippen LogP contribution >= 0.6 is 23.2 Å². The Kier molecular flexibility index (Phi) is 8.57. The smallest absolute Gasteiger partial charge is 0.424 e. The number of anilines is 1. The van der Waals surface area contributed by atoms with Crippen LogP contribution in [0.25, 0.3) is 22.2 Å². The molecule has 11 nitrogen and oxygen atoms in total. The molecular weight excluding hydrogens is 695 g/mol. The zero-order chi connectivity index (χ0) is 35.5. The van der Waals surface area contributed by atoms with Gasteiger partial charge in [0.05, 0.1) is 33.5 Å². The van der Waals surface area contributed by atoms with Crippen LogP contribution in [0.5, 0.6) is 5.75 Å². The monoisotopic (exact) mass is 720 g/mol. The summed E-state index contributed by atoms with van der Waals surface area (Å²) in [5, 5.41) is 18.9. The summed E-state index contributed by atoms with van der Waals surface area (Å²) in [6, 6.07) is 7.48. The van der Waals surface area contributed by atoms with Crippen molar-refractivity contribution in [2.24, 2.45) is 5.73 Å². The molecule has 1 aliphatic carbocycles. The lowest BCUT2D eigenvalue weighted by Gasteiger charge is -2.31. The van der Waals surface area contributed by atoms with Gasteiger partial charge in [-0.15, -0.1) is 0 Å². The number of nitrogens with one attached hydrogen (secondary N) is 3. The molecule has 3 heterocycles. The molecule has 17 heteroatoms. The highest BCUT2D eigenvalue weighted by Crippen LogP contribution is 2.48. The highest BCUT2D eigenvalue weighted by Gasteiger charge is 2.57. The number of aliphatic hydroxyl groups is 1. The average molecular weight is 721 g/mol. The zero-order valence-electron chi connectivity index (χ0n) is 25.3. The summed E-state index contributed by atoms with van der Waals surface area (Å²) in [5.41, 5.74) is -1.13. The van der Waals surface area contributed by atoms with Gasteiger partial charge in [-0.05, 0) is 62.2 Å². The van der Waals surface area contributed by atoms with E-state index in [0.29, 0.717) is 5.39 Å². The molecule has 2 aliphatic rings. The fraction of sp³-hybridized carbons (Fsp3) is 0.281. The third-order valence-corrected chi connectivity index (χ3v) is 8.88. The molecule has 4 amide bonds. The van der Waals surface area contributed by atoms with Gasteiger partial charge in [0, 0.05) is 34.3 Å². The van der Waals surface area contributed by atoms with Crippen molar-refractivity contribution in [1.82, 2.24) is 20.6 Å². The molecule has 0 spiro atoms. The van der Waals surface area contributed by atoms with Crippen molar-refractivity contribution in [1.29, 1.82) is 0 Å². The Labute approximate surface area is 285 Å². The van der Waals surface area contributed by atoms with E-state index in [1.165, 1.54) is 37.4 Å². The maximum atomic E-state index is 14.9. The summed E-state index contributed by atoms with van der Waals surface area (Å²) >= 11 is 12.0. The number of hydrogen-bond acceptors (Lipinski definition) is 7. The van der Waals surface area contributed by atoms with E-state index in [2.05, 4.69) is 25.9 Å². The van der Waals surface area contributed by atoms with E-state index in [1.807, 2.05) is 0 Å². The number of urea groups is 1. The lowest BCUT2D eigenvalue weighted by Crippen LogP contribution is -2.51. The SMILES string of the molecule is C[C@]1(C(N)=O)COc2c1cc(C(O)(CNC(=O)c1cc(NC(=O)NC3CC3)c3ncc(Cl)cc3c1)C(F)(F)F)nc2-c1ccc(F)c(Cl)c1. The van der Waals surface area contributed by atoms with Gasteiger partial charge in [-0.25, -0.2) is 14.2 Å². The molecule has 256 valence electrons. The minimum absolute atomic E-state index is 0.000910. The van der Waals surface area contributed by atoms with Crippen molar-refractivity contribution in [2.45, 2.75) is 43.0 Å². The van der Waals surface area contributed by atoms with E-state index in [4.69, 9.17) is 33.7 Å². The Morgan fingerprint density at radius 3 is 2.51 bits per heavy atom. The Balaban J connectivity index is 1.39. The molecule has 6 N–H and O–H groups in total. The molecule has 1 unspecified atom stereocenters. The van der Waals surface area contributed by atoms with E-state index in [9.17, 15) is 37.1 Å². The molecule has 4 aromatic rings. The fourth-order valence-corrected chi connectivity index (χ4v) is 5.65. The molecule has 1 fully saturated rings. The van der Waals surface area contributed by atoms with Gasteiger partial charge < -0.3 is 31.5 Å². The first kappa shape index (κ1) is 34.1. The number of fused-ring (bicyclic) bond motifs is 2. The number of amides is 4. The van der Waals surface area contributed by atoms with E-state index in [0.717, 1.165) is 31.0 Å². The standard InChI is InChI=1S/C32H26Cl2F4N6O5/c1-30(28(39)46)13-49-26-19(30)10-23(44-25(26)14-2-5-21(35)20(34)8-14)31(48,32(36,37)38)12-41-27(45)16-6-15-7-17(33)11-40-24(15)22(9-16)43-29(47)42-18-3-4-18/h2,5-11,18,48H,3-4,12-13H2,1H3,(H2,39,46)(H,41,45)(H2,42,43,47)/t30-,31?/m0/s1. The molecule has 0 radical (unpaired) electrons. The number of carbonyl (C=O) groups excluding carboxylic acids is 3. The first-order valence-corrected chi connectivity index (χ1v) is 15.4. The van der Waals surface area contributed by atoms with Gasteiger partial charge in [0.1, 0.15) is 29.3 Å². The minimum Gasteiger partial charge on any atom is -0.489 e. The zero-order valence-corrected chi connectivity index (χ0v) is 26.9. The van der Waals surface area contributed by atoms with Gasteiger partial charge in [-0.3, -0.25) is 14.6 Å². The van der Waals surface area contributed by atoms with Crippen molar-refractivity contribution >= 4 is 57.6 Å². The van der Waals surface area contributed by atoms with Crippen LogP contribution in [0.4, 0.5) is 28.0 Å². The van der Waals surface area contributed by atoms with Crippen molar-refractivity contribution in [3.63, 3.8) is 0 Å². The lowest BCUT2D eigenvalue weighted by atomic mass is 9.81. The number of alkyl halides is 3. The predicted octanol–water partition coefficient (Wildman–Crippen LogP) is 5.34. The Morgan fingerprint density at radius 2 is 1.86 bits per heavy atom. The maximum Gasteiger partial charge on any atom is 0.424 e. The van der Waals surface area contributed by atoms with E-state index < -0.39 is 53.1 Å². The van der Waals surface area contributed by atoms with Crippen molar-refractivity contribution in [3.05, 3.63) is 81.3 Å². The number of ether oxygens (including phenoxy) is 1. The van der Waals surface area contributed by atoms with Crippen LogP contribution in [0.15, 0.2) is 48.7 Å². The number of nitrogens with two attached hydrogens (primary N) is 1. The number of halogens is 6. The maximum absolute atomic E-state index is 14.9. The number of primary amides is 1. The lowest BCUT2D eigenvalue weighted by molar-refractivity contribution is -0.265. The summed E-state index contributed by atoms with van der Waals surface area (Å²) in [6.07, 6.45) is -2.52. The average Bonchev–Trinajstić information content (AvgIpc) is 3.78. The second kappa shape index (κ2) is 12.3. The quantitative estimate of drug-likeness (QED) is 0.153. The van der Waals surface area contributed by atoms with Gasteiger partial charge in [-0.2, -0.15) is 13.2 Å². The molecular formula is C32H26Cl2F4N6O5. The van der Waals surface area contributed by atoms with Gasteiger partial charge in [0.25, 0.3) is 5.91 Å². The van der Waals surface area contributed by atoms with Crippen LogP contribution in [-0.2, 0) is 15.8 Å². The number of nitrogens with zero attached hydrogens (tertiary/aromatic N) is 2. The Morgan fingerprint density at radius 1 is 1.12 bits per heavy atom. The van der Waals surface area contributed by atoms with E-state index in [1.54, 1.807) is 0 Å². The number of benzene rings is 2. The molecule has 1 saturated carbocycles. The summed E-state index contributed by atoms with van der Waals surface area (Å²) in [6.45, 7) is -0.463. The largest absolute Gasteiger partial charge is 0.489 e.